The van der Waals surface area contributed by atoms with Crippen molar-refractivity contribution in [2.75, 3.05) is 11.9 Å². The number of halogens is 3. The fourth-order valence-corrected chi connectivity index (χ4v) is 3.83. The molecule has 0 spiro atoms. The molecule has 0 aliphatic rings. The molecule has 0 saturated carbocycles. The molecule has 0 saturated heterocycles. The van der Waals surface area contributed by atoms with Crippen molar-refractivity contribution in [3.05, 3.63) is 102 Å². The van der Waals surface area contributed by atoms with Gasteiger partial charge in [0.2, 0.25) is 5.88 Å². The number of carbonyl (C=O) groups is 1. The first-order valence-corrected chi connectivity index (χ1v) is 11.9. The number of para-hydroxylation sites is 2. The minimum absolute atomic E-state index is 0.196. The van der Waals surface area contributed by atoms with Gasteiger partial charge in [0.05, 0.1) is 29.1 Å². The van der Waals surface area contributed by atoms with E-state index in [2.05, 4.69) is 5.32 Å². The molecule has 1 heterocycles. The molecule has 4 rings (SSSR count). The SMILES string of the molecule is CCCN(Cc1c(C)nn(-c2ccccc2)c1Oc1ccccc1)C(=O)Nc1ccc(C(F)(F)F)cc1. The van der Waals surface area contributed by atoms with Crippen LogP contribution in [0.3, 0.4) is 0 Å². The quantitative estimate of drug-likeness (QED) is 0.269. The molecule has 3 aromatic carbocycles. The summed E-state index contributed by atoms with van der Waals surface area (Å²) in [6, 6.07) is 22.8. The van der Waals surface area contributed by atoms with Crippen LogP contribution in [0.4, 0.5) is 23.7 Å². The van der Waals surface area contributed by atoms with Gasteiger partial charge in [-0.3, -0.25) is 0 Å². The Hall–Kier alpha value is -4.27. The number of nitrogens with one attached hydrogen (secondary N) is 1. The highest BCUT2D eigenvalue weighted by Crippen LogP contribution is 2.32. The number of urea groups is 1. The highest BCUT2D eigenvalue weighted by Gasteiger charge is 2.30. The molecule has 0 atom stereocenters. The Morgan fingerprint density at radius 2 is 1.59 bits per heavy atom. The summed E-state index contributed by atoms with van der Waals surface area (Å²) in [4.78, 5) is 14.8. The largest absolute Gasteiger partial charge is 0.439 e. The van der Waals surface area contributed by atoms with E-state index in [0.29, 0.717) is 30.3 Å². The number of alkyl halides is 3. The van der Waals surface area contributed by atoms with Gasteiger partial charge in [-0.15, -0.1) is 0 Å². The van der Waals surface area contributed by atoms with Crippen molar-refractivity contribution in [1.82, 2.24) is 14.7 Å². The van der Waals surface area contributed by atoms with E-state index < -0.39 is 17.8 Å². The monoisotopic (exact) mass is 508 g/mol. The fourth-order valence-electron chi connectivity index (χ4n) is 3.83. The van der Waals surface area contributed by atoms with E-state index in [1.807, 2.05) is 74.5 Å². The molecule has 0 aliphatic heterocycles. The van der Waals surface area contributed by atoms with Crippen LogP contribution in [-0.2, 0) is 12.7 Å². The first kappa shape index (κ1) is 25.8. The lowest BCUT2D eigenvalue weighted by Gasteiger charge is -2.23. The molecule has 4 aromatic rings. The molecule has 9 heteroatoms. The number of aromatic nitrogens is 2. The topological polar surface area (TPSA) is 59.4 Å². The van der Waals surface area contributed by atoms with Crippen LogP contribution in [0.1, 0.15) is 30.2 Å². The Morgan fingerprint density at radius 1 is 0.973 bits per heavy atom. The first-order chi connectivity index (χ1) is 17.8. The molecule has 6 nitrogen and oxygen atoms in total. The summed E-state index contributed by atoms with van der Waals surface area (Å²) in [5, 5.41) is 7.40. The minimum atomic E-state index is -4.44. The van der Waals surface area contributed by atoms with Crippen LogP contribution < -0.4 is 10.1 Å². The van der Waals surface area contributed by atoms with Gasteiger partial charge in [-0.1, -0.05) is 43.3 Å². The highest BCUT2D eigenvalue weighted by atomic mass is 19.4. The number of aryl methyl sites for hydroxylation is 1. The zero-order valence-electron chi connectivity index (χ0n) is 20.5. The smallest absolute Gasteiger partial charge is 0.416 e. The van der Waals surface area contributed by atoms with Crippen LogP contribution >= 0.6 is 0 Å². The summed E-state index contributed by atoms with van der Waals surface area (Å²) in [6.07, 6.45) is -3.76. The van der Waals surface area contributed by atoms with E-state index in [-0.39, 0.29) is 12.2 Å². The lowest BCUT2D eigenvalue weighted by Crippen LogP contribution is -2.35. The third kappa shape index (κ3) is 6.30. The maximum atomic E-state index is 13.2. The second-order valence-electron chi connectivity index (χ2n) is 8.46. The van der Waals surface area contributed by atoms with Crippen LogP contribution in [0, 0.1) is 6.92 Å². The van der Waals surface area contributed by atoms with Crippen molar-refractivity contribution in [1.29, 1.82) is 0 Å². The van der Waals surface area contributed by atoms with Gasteiger partial charge in [0, 0.05) is 12.2 Å². The van der Waals surface area contributed by atoms with E-state index in [1.165, 1.54) is 12.1 Å². The maximum absolute atomic E-state index is 13.2. The van der Waals surface area contributed by atoms with Crippen molar-refractivity contribution >= 4 is 11.7 Å². The van der Waals surface area contributed by atoms with E-state index in [1.54, 1.807) is 9.58 Å². The number of hydrogen-bond acceptors (Lipinski definition) is 3. The summed E-state index contributed by atoms with van der Waals surface area (Å²) in [5.41, 5.74) is 1.72. The molecule has 0 unspecified atom stereocenters. The highest BCUT2D eigenvalue weighted by molar-refractivity contribution is 5.89. The Kier molecular flexibility index (Phi) is 7.81. The van der Waals surface area contributed by atoms with Crippen molar-refractivity contribution in [3.63, 3.8) is 0 Å². The molecule has 0 fully saturated rings. The summed E-state index contributed by atoms with van der Waals surface area (Å²) in [5.74, 6) is 1.11. The number of amides is 2. The van der Waals surface area contributed by atoms with Gasteiger partial charge in [-0.05, 0) is 61.9 Å². The van der Waals surface area contributed by atoms with Crippen molar-refractivity contribution in [2.45, 2.75) is 33.0 Å². The summed E-state index contributed by atoms with van der Waals surface area (Å²) < 4.78 is 46.7. The molecule has 37 heavy (non-hydrogen) atoms. The Labute approximate surface area is 213 Å². The van der Waals surface area contributed by atoms with Crippen LogP contribution in [-0.4, -0.2) is 27.3 Å². The maximum Gasteiger partial charge on any atom is 0.416 e. The molecule has 0 aliphatic carbocycles. The van der Waals surface area contributed by atoms with Crippen LogP contribution in [0.2, 0.25) is 0 Å². The molecule has 0 bridgehead atoms. The molecule has 0 radical (unpaired) electrons. The Morgan fingerprint density at radius 3 is 2.19 bits per heavy atom. The van der Waals surface area contributed by atoms with Gasteiger partial charge in [-0.25, -0.2) is 9.48 Å². The van der Waals surface area contributed by atoms with Crippen LogP contribution in [0.25, 0.3) is 5.69 Å². The van der Waals surface area contributed by atoms with Crippen molar-refractivity contribution in [3.8, 4) is 17.3 Å². The average molecular weight is 509 g/mol. The van der Waals surface area contributed by atoms with E-state index in [4.69, 9.17) is 9.84 Å². The second-order valence-corrected chi connectivity index (χ2v) is 8.46. The zero-order chi connectivity index (χ0) is 26.4. The van der Waals surface area contributed by atoms with E-state index >= 15 is 0 Å². The molecule has 192 valence electrons. The molecule has 1 aromatic heterocycles. The number of benzene rings is 3. The van der Waals surface area contributed by atoms with Gasteiger partial charge in [0.15, 0.2) is 0 Å². The third-order valence-corrected chi connectivity index (χ3v) is 5.69. The Bertz CT molecular complexity index is 1320. The number of carbonyl (C=O) groups excluding carboxylic acids is 1. The first-order valence-electron chi connectivity index (χ1n) is 11.9. The van der Waals surface area contributed by atoms with Gasteiger partial charge < -0.3 is 15.0 Å². The van der Waals surface area contributed by atoms with Crippen molar-refractivity contribution < 1.29 is 22.7 Å². The predicted octanol–water partition coefficient (Wildman–Crippen LogP) is 7.44. The predicted molar refractivity (Wildman–Crippen MR) is 136 cm³/mol. The van der Waals surface area contributed by atoms with Crippen LogP contribution in [0.5, 0.6) is 11.6 Å². The lowest BCUT2D eigenvalue weighted by molar-refractivity contribution is -0.137. The lowest BCUT2D eigenvalue weighted by atomic mass is 10.2. The summed E-state index contributed by atoms with van der Waals surface area (Å²) in [6.45, 7) is 4.42. The zero-order valence-corrected chi connectivity index (χ0v) is 20.5. The minimum Gasteiger partial charge on any atom is -0.439 e. The standard InChI is InChI=1S/C28H27F3N4O2/c1-3-18-34(27(36)32-22-16-14-21(15-17-22)28(29,30)31)19-25-20(2)33-35(23-10-6-4-7-11-23)26(25)37-24-12-8-5-9-13-24/h4-17H,3,18-19H2,1-2H3,(H,32,36). The average Bonchev–Trinajstić information content (AvgIpc) is 3.19. The number of rotatable bonds is 8. The van der Waals surface area contributed by atoms with Gasteiger partial charge in [0.25, 0.3) is 0 Å². The third-order valence-electron chi connectivity index (χ3n) is 5.69. The Balaban J connectivity index is 1.63. The van der Waals surface area contributed by atoms with Gasteiger partial charge in [0.1, 0.15) is 5.75 Å². The summed E-state index contributed by atoms with van der Waals surface area (Å²) in [7, 11) is 0. The number of ether oxygens (including phenoxy) is 1. The molecule has 1 N–H and O–H groups in total. The molecule has 2 amide bonds. The van der Waals surface area contributed by atoms with Crippen molar-refractivity contribution in [2.24, 2.45) is 0 Å². The van der Waals surface area contributed by atoms with Gasteiger partial charge >= 0.3 is 12.2 Å². The number of hydrogen-bond donors (Lipinski definition) is 1. The molecular weight excluding hydrogens is 481 g/mol. The van der Waals surface area contributed by atoms with Crippen LogP contribution in [0.15, 0.2) is 84.9 Å². The van der Waals surface area contributed by atoms with E-state index in [9.17, 15) is 18.0 Å². The summed E-state index contributed by atoms with van der Waals surface area (Å²) >= 11 is 0. The number of nitrogens with zero attached hydrogens (tertiary/aromatic N) is 3. The normalized spacial score (nSPS) is 11.3. The van der Waals surface area contributed by atoms with Gasteiger partial charge in [-0.2, -0.15) is 18.3 Å². The van der Waals surface area contributed by atoms with E-state index in [0.717, 1.165) is 23.4 Å². The fraction of sp³-hybridized carbons (Fsp3) is 0.214. The molecular formula is C28H27F3N4O2. The second kappa shape index (κ2) is 11.2. The number of anilines is 1.